The zero-order chi connectivity index (χ0) is 17.8. The van der Waals surface area contributed by atoms with E-state index in [1.807, 2.05) is 0 Å². The third-order valence-corrected chi connectivity index (χ3v) is 4.38. The Bertz CT molecular complexity index is 522. The van der Waals surface area contributed by atoms with Gasteiger partial charge in [0.15, 0.2) is 0 Å². The molecule has 0 spiro atoms. The Kier molecular flexibility index (Phi) is 9.81. The minimum absolute atomic E-state index is 0.155. The summed E-state index contributed by atoms with van der Waals surface area (Å²) in [5.74, 6) is -2.01. The number of carboxylic acids is 2. The first kappa shape index (κ1) is 20.2. The lowest BCUT2D eigenvalue weighted by molar-refractivity contribution is 0.0680. The van der Waals surface area contributed by atoms with Crippen molar-refractivity contribution in [1.82, 2.24) is 0 Å². The molecular weight excluding hydrogens is 304 g/mol. The Labute approximate surface area is 144 Å². The number of hydrogen-bond acceptors (Lipinski definition) is 2. The summed E-state index contributed by atoms with van der Waals surface area (Å²) in [5, 5.41) is 18.2. The predicted octanol–water partition coefficient (Wildman–Crippen LogP) is 5.55. The maximum Gasteiger partial charge on any atom is 0.335 e. The molecule has 0 amide bonds. The fourth-order valence-corrected chi connectivity index (χ4v) is 2.95. The number of carboxylic acid groups (broad SMARTS) is 2. The van der Waals surface area contributed by atoms with E-state index in [4.69, 9.17) is 5.11 Å². The molecule has 0 saturated carbocycles. The van der Waals surface area contributed by atoms with Crippen LogP contribution in [0.2, 0.25) is 0 Å². The first-order valence-electron chi connectivity index (χ1n) is 9.15. The zero-order valence-electron chi connectivity index (χ0n) is 14.7. The standard InChI is InChI=1S/C20H30O4/c1-2-3-4-5-6-7-8-9-10-11-12-16-15-17(19(21)22)13-14-18(16)20(23)24/h13-15H,2-12H2,1H3,(H,21,22)(H,23,24). The molecule has 0 aromatic heterocycles. The summed E-state index contributed by atoms with van der Waals surface area (Å²) in [5.41, 5.74) is 1.000. The van der Waals surface area contributed by atoms with E-state index in [-0.39, 0.29) is 11.1 Å². The molecule has 24 heavy (non-hydrogen) atoms. The molecule has 0 fully saturated rings. The highest BCUT2D eigenvalue weighted by Crippen LogP contribution is 2.17. The molecule has 0 atom stereocenters. The van der Waals surface area contributed by atoms with E-state index in [1.165, 1.54) is 63.1 Å². The minimum Gasteiger partial charge on any atom is -0.478 e. The van der Waals surface area contributed by atoms with Gasteiger partial charge in [-0.1, -0.05) is 64.7 Å². The van der Waals surface area contributed by atoms with Crippen molar-refractivity contribution >= 4 is 11.9 Å². The third-order valence-electron chi connectivity index (χ3n) is 4.38. The SMILES string of the molecule is CCCCCCCCCCCCc1cc(C(=O)O)ccc1C(=O)O. The van der Waals surface area contributed by atoms with Gasteiger partial charge >= 0.3 is 11.9 Å². The van der Waals surface area contributed by atoms with Gasteiger partial charge < -0.3 is 10.2 Å². The molecule has 0 radical (unpaired) electrons. The van der Waals surface area contributed by atoms with E-state index in [0.29, 0.717) is 12.0 Å². The molecule has 4 heteroatoms. The maximum absolute atomic E-state index is 11.2. The molecule has 0 heterocycles. The summed E-state index contributed by atoms with van der Waals surface area (Å²) in [4.78, 5) is 22.3. The lowest BCUT2D eigenvalue weighted by atomic mass is 9.98. The normalized spacial score (nSPS) is 10.7. The van der Waals surface area contributed by atoms with Gasteiger partial charge in [0.25, 0.3) is 0 Å². The van der Waals surface area contributed by atoms with Gasteiger partial charge in [-0.15, -0.1) is 0 Å². The van der Waals surface area contributed by atoms with Crippen LogP contribution in [0.15, 0.2) is 18.2 Å². The number of hydrogen-bond donors (Lipinski definition) is 2. The summed E-state index contributed by atoms with van der Waals surface area (Å²) in [6, 6.07) is 4.25. The van der Waals surface area contributed by atoms with Crippen LogP contribution in [0, 0.1) is 0 Å². The van der Waals surface area contributed by atoms with Crippen molar-refractivity contribution in [2.24, 2.45) is 0 Å². The Morgan fingerprint density at radius 1 is 0.792 bits per heavy atom. The number of aromatic carboxylic acids is 2. The van der Waals surface area contributed by atoms with Crippen molar-refractivity contribution in [3.05, 3.63) is 34.9 Å². The van der Waals surface area contributed by atoms with Crippen LogP contribution in [0.1, 0.15) is 97.4 Å². The largest absolute Gasteiger partial charge is 0.478 e. The molecule has 1 aromatic rings. The Balaban J connectivity index is 2.30. The van der Waals surface area contributed by atoms with Gasteiger partial charge in [0.2, 0.25) is 0 Å². The highest BCUT2D eigenvalue weighted by Gasteiger charge is 2.13. The molecule has 0 bridgehead atoms. The predicted molar refractivity (Wildman–Crippen MR) is 95.9 cm³/mol. The van der Waals surface area contributed by atoms with Crippen LogP contribution in [-0.4, -0.2) is 22.2 Å². The monoisotopic (exact) mass is 334 g/mol. The number of benzene rings is 1. The van der Waals surface area contributed by atoms with Gasteiger partial charge in [-0.25, -0.2) is 9.59 Å². The second-order valence-corrected chi connectivity index (χ2v) is 6.41. The molecule has 1 rings (SSSR count). The molecule has 134 valence electrons. The number of aryl methyl sites for hydroxylation is 1. The summed E-state index contributed by atoms with van der Waals surface area (Å²) >= 11 is 0. The molecule has 1 aromatic carbocycles. The second-order valence-electron chi connectivity index (χ2n) is 6.41. The average Bonchev–Trinajstić information content (AvgIpc) is 2.56. The van der Waals surface area contributed by atoms with Crippen LogP contribution >= 0.6 is 0 Å². The Hall–Kier alpha value is -1.84. The lowest BCUT2D eigenvalue weighted by Gasteiger charge is -2.08. The quantitative estimate of drug-likeness (QED) is 0.464. The van der Waals surface area contributed by atoms with E-state index in [9.17, 15) is 14.7 Å². The molecular formula is C20H30O4. The van der Waals surface area contributed by atoms with Crippen LogP contribution in [0.25, 0.3) is 0 Å². The summed E-state index contributed by atoms with van der Waals surface area (Å²) in [7, 11) is 0. The Morgan fingerprint density at radius 3 is 1.83 bits per heavy atom. The van der Waals surface area contributed by atoms with Crippen molar-refractivity contribution in [2.45, 2.75) is 77.6 Å². The molecule has 0 unspecified atom stereocenters. The average molecular weight is 334 g/mol. The fraction of sp³-hybridized carbons (Fsp3) is 0.600. The van der Waals surface area contributed by atoms with Gasteiger partial charge in [-0.3, -0.25) is 0 Å². The van der Waals surface area contributed by atoms with Crippen molar-refractivity contribution in [1.29, 1.82) is 0 Å². The summed E-state index contributed by atoms with van der Waals surface area (Å²) in [6.07, 6.45) is 12.9. The van der Waals surface area contributed by atoms with Gasteiger partial charge in [-0.05, 0) is 36.6 Å². The summed E-state index contributed by atoms with van der Waals surface area (Å²) < 4.78 is 0. The minimum atomic E-state index is -1.02. The van der Waals surface area contributed by atoms with Crippen LogP contribution < -0.4 is 0 Å². The molecule has 4 nitrogen and oxygen atoms in total. The molecule has 0 aliphatic rings. The van der Waals surface area contributed by atoms with E-state index in [2.05, 4.69) is 6.92 Å². The Morgan fingerprint density at radius 2 is 1.33 bits per heavy atom. The van der Waals surface area contributed by atoms with Gasteiger partial charge in [0, 0.05) is 0 Å². The fourth-order valence-electron chi connectivity index (χ4n) is 2.95. The molecule has 2 N–H and O–H groups in total. The van der Waals surface area contributed by atoms with Crippen molar-refractivity contribution in [3.8, 4) is 0 Å². The second kappa shape index (κ2) is 11.7. The van der Waals surface area contributed by atoms with Gasteiger partial charge in [0.05, 0.1) is 11.1 Å². The zero-order valence-corrected chi connectivity index (χ0v) is 14.7. The maximum atomic E-state index is 11.2. The van der Waals surface area contributed by atoms with E-state index < -0.39 is 11.9 Å². The van der Waals surface area contributed by atoms with Crippen LogP contribution in [0.4, 0.5) is 0 Å². The number of rotatable bonds is 13. The van der Waals surface area contributed by atoms with Crippen LogP contribution in [-0.2, 0) is 6.42 Å². The van der Waals surface area contributed by atoms with Crippen molar-refractivity contribution < 1.29 is 19.8 Å². The van der Waals surface area contributed by atoms with Crippen molar-refractivity contribution in [3.63, 3.8) is 0 Å². The molecule has 0 aliphatic heterocycles. The highest BCUT2D eigenvalue weighted by atomic mass is 16.4. The molecule has 0 saturated heterocycles. The van der Waals surface area contributed by atoms with Crippen LogP contribution in [0.3, 0.4) is 0 Å². The van der Waals surface area contributed by atoms with E-state index in [0.717, 1.165) is 19.3 Å². The number of carbonyl (C=O) groups is 2. The lowest BCUT2D eigenvalue weighted by Crippen LogP contribution is -2.06. The van der Waals surface area contributed by atoms with Gasteiger partial charge in [-0.2, -0.15) is 0 Å². The van der Waals surface area contributed by atoms with Crippen molar-refractivity contribution in [2.75, 3.05) is 0 Å². The number of unbranched alkanes of at least 4 members (excludes halogenated alkanes) is 9. The molecule has 0 aliphatic carbocycles. The third kappa shape index (κ3) is 7.62. The smallest absolute Gasteiger partial charge is 0.335 e. The van der Waals surface area contributed by atoms with E-state index >= 15 is 0 Å². The first-order chi connectivity index (χ1) is 11.6. The topological polar surface area (TPSA) is 74.6 Å². The van der Waals surface area contributed by atoms with Gasteiger partial charge in [0.1, 0.15) is 0 Å². The van der Waals surface area contributed by atoms with Crippen LogP contribution in [0.5, 0.6) is 0 Å². The van der Waals surface area contributed by atoms with E-state index in [1.54, 1.807) is 0 Å². The summed E-state index contributed by atoms with van der Waals surface area (Å²) in [6.45, 7) is 2.22. The first-order valence-corrected chi connectivity index (χ1v) is 9.15. The highest BCUT2D eigenvalue weighted by molar-refractivity contribution is 5.93.